The summed E-state index contributed by atoms with van der Waals surface area (Å²) in [6.45, 7) is 7.95. The number of aromatic amines is 1. The van der Waals surface area contributed by atoms with Crippen molar-refractivity contribution in [3.63, 3.8) is 0 Å². The fourth-order valence-corrected chi connectivity index (χ4v) is 11.5. The number of hydrogen-bond acceptors (Lipinski definition) is 11. The van der Waals surface area contributed by atoms with E-state index in [1.165, 1.54) is 43.2 Å². The first kappa shape index (κ1) is 41.8. The van der Waals surface area contributed by atoms with E-state index in [9.17, 15) is 23.3 Å². The zero-order valence-corrected chi connectivity index (χ0v) is 36.3. The van der Waals surface area contributed by atoms with E-state index in [0.717, 1.165) is 81.5 Å². The summed E-state index contributed by atoms with van der Waals surface area (Å²) in [6.07, 6.45) is 16.9. The Hall–Kier alpha value is -5.54. The van der Waals surface area contributed by atoms with Crippen molar-refractivity contribution in [3.05, 3.63) is 106 Å². The Balaban J connectivity index is 0.903. The highest BCUT2D eigenvalue weighted by molar-refractivity contribution is 7.90. The van der Waals surface area contributed by atoms with Crippen LogP contribution >= 0.6 is 0 Å². The van der Waals surface area contributed by atoms with Gasteiger partial charge in [-0.3, -0.25) is 19.8 Å². The maximum Gasteiger partial charge on any atom is 0.296 e. The molecule has 0 radical (unpaired) electrons. The number of benzene rings is 2. The first-order valence-corrected chi connectivity index (χ1v) is 23.7. The molecule has 15 heteroatoms. The number of nitrogens with one attached hydrogen (secondary N) is 3. The van der Waals surface area contributed by atoms with Crippen LogP contribution in [0.4, 0.5) is 17.1 Å². The van der Waals surface area contributed by atoms with Crippen LogP contribution in [0.1, 0.15) is 118 Å². The Morgan fingerprint density at radius 3 is 2.53 bits per heavy atom. The zero-order chi connectivity index (χ0) is 43.0. The third kappa shape index (κ3) is 8.61. The Bertz CT molecular complexity index is 2560. The fourth-order valence-electron chi connectivity index (χ4n) is 10.5. The lowest BCUT2D eigenvalue weighted by Gasteiger charge is -2.56. The Morgan fingerprint density at radius 1 is 0.968 bits per heavy atom. The molecule has 4 aliphatic rings. The van der Waals surface area contributed by atoms with Crippen LogP contribution in [-0.2, 0) is 10.0 Å². The fraction of sp³-hybridized carbons (Fsp3) is 0.468. The predicted molar refractivity (Wildman–Crippen MR) is 239 cm³/mol. The standard InChI is InChI=1S/C47H56N8O6S/c1-31(2)37-11-6-7-12-38(37)41-13-8-20-54(41)35-26-47(27-35)17-21-53(22-18-47)34-14-15-39(43(24-34)61-36-23-33-16-19-48-45(33)51-29-36)46(56)52-62(59,60)44-25-42(55(57)58)40(30-50-44)49-28-32-9-4-3-5-10-32/h6-7,11-12,14-16,19,23-25,29-32,35,41,49H,3-5,8-10,13,17-18,20-22,26-28H2,1-2H3,(H,48,51)(H,52,56)/t41-/m1/s1. The average Bonchev–Trinajstić information content (AvgIpc) is 3.95. The first-order chi connectivity index (χ1) is 29.9. The van der Waals surface area contributed by atoms with Gasteiger partial charge in [0.25, 0.3) is 21.6 Å². The number of nitrogens with zero attached hydrogens (tertiary/aromatic N) is 5. The molecule has 3 aromatic heterocycles. The lowest BCUT2D eigenvalue weighted by molar-refractivity contribution is -0.384. The van der Waals surface area contributed by atoms with Crippen LogP contribution in [-0.4, -0.2) is 71.3 Å². The summed E-state index contributed by atoms with van der Waals surface area (Å²) < 4.78 is 35.7. The molecule has 9 rings (SSSR count). The number of anilines is 2. The normalized spacial score (nSPS) is 19.8. The van der Waals surface area contributed by atoms with E-state index in [4.69, 9.17) is 4.74 Å². The Morgan fingerprint density at radius 2 is 1.76 bits per heavy atom. The molecule has 1 amide bonds. The number of H-pyrrole nitrogens is 1. The van der Waals surface area contributed by atoms with Gasteiger partial charge in [-0.05, 0) is 111 Å². The first-order valence-electron chi connectivity index (χ1n) is 22.3. The number of pyridine rings is 2. The van der Waals surface area contributed by atoms with Crippen LogP contribution in [0.15, 0.2) is 84.3 Å². The molecule has 4 fully saturated rings. The summed E-state index contributed by atoms with van der Waals surface area (Å²) in [7, 11) is -4.63. The van der Waals surface area contributed by atoms with Gasteiger partial charge in [0.05, 0.1) is 28.9 Å². The van der Waals surface area contributed by atoms with Crippen molar-refractivity contribution in [2.75, 3.05) is 36.4 Å². The summed E-state index contributed by atoms with van der Waals surface area (Å²) in [5.41, 5.74) is 4.48. The molecule has 2 saturated heterocycles. The number of likely N-dealkylation sites (tertiary alicyclic amines) is 1. The molecule has 62 heavy (non-hydrogen) atoms. The van der Waals surface area contributed by atoms with Gasteiger partial charge in [-0.25, -0.2) is 14.7 Å². The summed E-state index contributed by atoms with van der Waals surface area (Å²) in [6, 6.07) is 19.8. The monoisotopic (exact) mass is 860 g/mol. The number of rotatable bonds is 13. The van der Waals surface area contributed by atoms with E-state index in [0.29, 0.717) is 47.3 Å². The number of aromatic nitrogens is 3. The molecule has 2 aliphatic carbocycles. The van der Waals surface area contributed by atoms with Crippen LogP contribution in [0, 0.1) is 21.4 Å². The van der Waals surface area contributed by atoms with Gasteiger partial charge in [0.15, 0.2) is 5.03 Å². The van der Waals surface area contributed by atoms with Crippen molar-refractivity contribution in [2.24, 2.45) is 11.3 Å². The van der Waals surface area contributed by atoms with Crippen LogP contribution in [0.3, 0.4) is 0 Å². The number of sulfonamides is 1. The topological polar surface area (TPSA) is 176 Å². The lowest BCUT2D eigenvalue weighted by atomic mass is 9.59. The molecule has 2 saturated carbocycles. The second kappa shape index (κ2) is 17.3. The molecular weight excluding hydrogens is 805 g/mol. The third-order valence-corrected chi connectivity index (χ3v) is 15.2. The van der Waals surface area contributed by atoms with Crippen molar-refractivity contribution in [1.82, 2.24) is 24.6 Å². The second-order valence-corrected chi connectivity index (χ2v) is 19.8. The van der Waals surface area contributed by atoms with Crippen LogP contribution in [0.5, 0.6) is 11.5 Å². The molecule has 2 aliphatic heterocycles. The SMILES string of the molecule is CC(C)c1ccccc1[C@H]1CCCN1C1CC2(CCN(c3ccc(C(=O)NS(=O)(=O)c4cc([N+](=O)[O-])c(NCC5CCCCC5)cn4)c(Oc4cnc5[nH]ccc5c4)c3)CC2)C1. The van der Waals surface area contributed by atoms with E-state index in [1.807, 2.05) is 12.1 Å². The van der Waals surface area contributed by atoms with Gasteiger partial charge in [-0.15, -0.1) is 0 Å². The van der Waals surface area contributed by atoms with Crippen LogP contribution in [0.2, 0.25) is 0 Å². The van der Waals surface area contributed by atoms with E-state index >= 15 is 0 Å². The maximum absolute atomic E-state index is 13.9. The summed E-state index contributed by atoms with van der Waals surface area (Å²) in [5, 5.41) is 15.4. The van der Waals surface area contributed by atoms with Crippen molar-refractivity contribution in [3.8, 4) is 11.5 Å². The molecule has 0 unspecified atom stereocenters. The van der Waals surface area contributed by atoms with E-state index in [-0.39, 0.29) is 17.0 Å². The quantitative estimate of drug-likeness (QED) is 0.0760. The van der Waals surface area contributed by atoms with Crippen molar-refractivity contribution in [1.29, 1.82) is 0 Å². The number of nitro groups is 1. The molecule has 5 aromatic rings. The van der Waals surface area contributed by atoms with Gasteiger partial charge in [0.2, 0.25) is 0 Å². The van der Waals surface area contributed by atoms with Crippen LogP contribution < -0.4 is 19.7 Å². The van der Waals surface area contributed by atoms with Crippen molar-refractivity contribution in [2.45, 2.75) is 108 Å². The molecule has 1 spiro atoms. The minimum atomic E-state index is -4.63. The average molecular weight is 861 g/mol. The highest BCUT2D eigenvalue weighted by atomic mass is 32.2. The smallest absolute Gasteiger partial charge is 0.296 e. The minimum absolute atomic E-state index is 0.0266. The Labute approximate surface area is 363 Å². The number of carbonyl (C=O) groups is 1. The number of amides is 1. The second-order valence-electron chi connectivity index (χ2n) is 18.2. The molecule has 2 aromatic carbocycles. The van der Waals surface area contributed by atoms with Gasteiger partial charge in [-0.1, -0.05) is 57.4 Å². The molecular formula is C47H56N8O6S. The number of fused-ring (bicyclic) bond motifs is 1. The number of hydrogen-bond donors (Lipinski definition) is 3. The maximum atomic E-state index is 13.9. The lowest BCUT2D eigenvalue weighted by Crippen LogP contribution is -2.54. The third-order valence-electron chi connectivity index (χ3n) is 13.9. The molecule has 0 bridgehead atoms. The van der Waals surface area contributed by atoms with Gasteiger partial charge in [0, 0.05) is 55.1 Å². The number of piperidine rings is 1. The van der Waals surface area contributed by atoms with Crippen molar-refractivity contribution >= 4 is 44.0 Å². The summed E-state index contributed by atoms with van der Waals surface area (Å²) in [4.78, 5) is 42.0. The van der Waals surface area contributed by atoms with Gasteiger partial charge in [0.1, 0.15) is 22.8 Å². The van der Waals surface area contributed by atoms with E-state index in [2.05, 4.69) is 72.9 Å². The summed E-state index contributed by atoms with van der Waals surface area (Å²) >= 11 is 0. The molecule has 14 nitrogen and oxygen atoms in total. The van der Waals surface area contributed by atoms with E-state index < -0.39 is 31.6 Å². The largest absolute Gasteiger partial charge is 0.455 e. The minimum Gasteiger partial charge on any atom is -0.455 e. The zero-order valence-electron chi connectivity index (χ0n) is 35.5. The molecule has 3 N–H and O–H groups in total. The number of ether oxygens (including phenoxy) is 1. The van der Waals surface area contributed by atoms with Gasteiger partial charge < -0.3 is 19.9 Å². The highest BCUT2D eigenvalue weighted by Gasteiger charge is 2.50. The Kier molecular flexibility index (Phi) is 11.7. The summed E-state index contributed by atoms with van der Waals surface area (Å²) in [5.74, 6) is 0.439. The predicted octanol–water partition coefficient (Wildman–Crippen LogP) is 9.48. The van der Waals surface area contributed by atoms with Crippen LogP contribution in [0.25, 0.3) is 11.0 Å². The van der Waals surface area contributed by atoms with Gasteiger partial charge >= 0.3 is 0 Å². The van der Waals surface area contributed by atoms with E-state index in [1.54, 1.807) is 30.6 Å². The molecule has 5 heterocycles. The van der Waals surface area contributed by atoms with Crippen molar-refractivity contribution < 1.29 is 22.9 Å². The van der Waals surface area contributed by atoms with Gasteiger partial charge in [-0.2, -0.15) is 8.42 Å². The highest BCUT2D eigenvalue weighted by Crippen LogP contribution is 2.54. The number of carbonyl (C=O) groups excluding carboxylic acids is 1. The molecule has 1 atom stereocenters. The molecule has 326 valence electrons.